The molecule has 1 heterocycles. The molecule has 3 atom stereocenters. The molecule has 0 saturated carbocycles. The highest BCUT2D eigenvalue weighted by Crippen LogP contribution is 2.28. The van der Waals surface area contributed by atoms with Gasteiger partial charge in [-0.2, -0.15) is 0 Å². The number of carbonyl (C=O) groups excluding carboxylic acids is 2. The summed E-state index contributed by atoms with van der Waals surface area (Å²) in [7, 11) is 0. The van der Waals surface area contributed by atoms with Crippen molar-refractivity contribution < 1.29 is 9.59 Å². The molecule has 18 heavy (non-hydrogen) atoms. The van der Waals surface area contributed by atoms with Crippen LogP contribution in [0.15, 0.2) is 0 Å². The van der Waals surface area contributed by atoms with Gasteiger partial charge in [-0.05, 0) is 25.2 Å². The Balaban J connectivity index is 3.06. The Morgan fingerprint density at radius 1 is 1.17 bits per heavy atom. The molecule has 1 N–H and O–H groups in total. The van der Waals surface area contributed by atoms with Crippen LogP contribution in [0.5, 0.6) is 0 Å². The maximum Gasteiger partial charge on any atom is 0.246 e. The lowest BCUT2D eigenvalue weighted by Gasteiger charge is -2.46. The second kappa shape index (κ2) is 4.90. The number of nitrogens with one attached hydrogen (secondary N) is 1. The van der Waals surface area contributed by atoms with Crippen molar-refractivity contribution in [2.75, 3.05) is 0 Å². The number of hydrogen-bond acceptors (Lipinski definition) is 2. The van der Waals surface area contributed by atoms with Crippen molar-refractivity contribution in [3.63, 3.8) is 0 Å². The van der Waals surface area contributed by atoms with Gasteiger partial charge in [0.1, 0.15) is 12.1 Å². The third-order valence-corrected chi connectivity index (χ3v) is 3.95. The Hall–Kier alpha value is -1.06. The van der Waals surface area contributed by atoms with E-state index in [2.05, 4.69) is 26.1 Å². The molecular formula is C14H26N2O2. The second-order valence-electron chi connectivity index (χ2n) is 6.69. The minimum absolute atomic E-state index is 0.0345. The van der Waals surface area contributed by atoms with Crippen LogP contribution in [-0.4, -0.2) is 34.8 Å². The van der Waals surface area contributed by atoms with Gasteiger partial charge in [0.25, 0.3) is 0 Å². The maximum absolute atomic E-state index is 12.5. The van der Waals surface area contributed by atoms with E-state index in [1.807, 2.05) is 20.8 Å². The van der Waals surface area contributed by atoms with Crippen LogP contribution in [0, 0.1) is 11.3 Å². The number of piperazine rings is 1. The van der Waals surface area contributed by atoms with E-state index in [-0.39, 0.29) is 35.2 Å². The molecule has 3 unspecified atom stereocenters. The van der Waals surface area contributed by atoms with E-state index < -0.39 is 6.04 Å². The lowest BCUT2D eigenvalue weighted by molar-refractivity contribution is -0.154. The van der Waals surface area contributed by atoms with Crippen LogP contribution < -0.4 is 5.32 Å². The quantitative estimate of drug-likeness (QED) is 0.817. The van der Waals surface area contributed by atoms with Crippen LogP contribution in [0.2, 0.25) is 0 Å². The summed E-state index contributed by atoms with van der Waals surface area (Å²) in [5.74, 6) is 0.104. The van der Waals surface area contributed by atoms with Gasteiger partial charge in [-0.15, -0.1) is 0 Å². The minimum atomic E-state index is -0.390. The van der Waals surface area contributed by atoms with Gasteiger partial charge in [0, 0.05) is 6.04 Å². The van der Waals surface area contributed by atoms with Crippen molar-refractivity contribution in [2.45, 2.75) is 66.6 Å². The molecular weight excluding hydrogens is 228 g/mol. The fourth-order valence-corrected chi connectivity index (χ4v) is 2.21. The standard InChI is InChI=1S/C14H26N2O2/c1-8(2)11-13(18)16(9(3)12(17)15-11)10(4)14(5,6)7/h8-11H,1-7H3,(H,15,17). The van der Waals surface area contributed by atoms with Crippen molar-refractivity contribution >= 4 is 11.8 Å². The van der Waals surface area contributed by atoms with Crippen LogP contribution in [-0.2, 0) is 9.59 Å². The van der Waals surface area contributed by atoms with Gasteiger partial charge in [0.15, 0.2) is 0 Å². The average Bonchev–Trinajstić information content (AvgIpc) is 2.21. The zero-order chi connectivity index (χ0) is 14.2. The Bertz CT molecular complexity index is 344. The molecule has 0 aromatic rings. The molecule has 1 aliphatic heterocycles. The van der Waals surface area contributed by atoms with Crippen molar-refractivity contribution in [1.82, 2.24) is 10.2 Å². The first-order chi connectivity index (χ1) is 8.07. The van der Waals surface area contributed by atoms with E-state index in [0.717, 1.165) is 0 Å². The summed E-state index contributed by atoms with van der Waals surface area (Å²) in [5, 5.41) is 2.82. The van der Waals surface area contributed by atoms with Crippen LogP contribution in [0.4, 0.5) is 0 Å². The Labute approximate surface area is 110 Å². The second-order valence-corrected chi connectivity index (χ2v) is 6.69. The number of amides is 2. The highest BCUT2D eigenvalue weighted by atomic mass is 16.2. The molecule has 0 spiro atoms. The third kappa shape index (κ3) is 2.68. The van der Waals surface area contributed by atoms with E-state index in [0.29, 0.717) is 0 Å². The third-order valence-electron chi connectivity index (χ3n) is 3.95. The molecule has 0 radical (unpaired) electrons. The van der Waals surface area contributed by atoms with E-state index >= 15 is 0 Å². The molecule has 0 aliphatic carbocycles. The molecule has 2 amide bonds. The van der Waals surface area contributed by atoms with Gasteiger partial charge in [-0.25, -0.2) is 0 Å². The van der Waals surface area contributed by atoms with Crippen LogP contribution in [0.25, 0.3) is 0 Å². The fraction of sp³-hybridized carbons (Fsp3) is 0.857. The summed E-state index contributed by atoms with van der Waals surface area (Å²) in [6.45, 7) is 14.0. The molecule has 0 aromatic heterocycles. The Kier molecular flexibility index (Phi) is 4.08. The Morgan fingerprint density at radius 3 is 2.06 bits per heavy atom. The largest absolute Gasteiger partial charge is 0.342 e. The Morgan fingerprint density at radius 2 is 1.67 bits per heavy atom. The van der Waals surface area contributed by atoms with Gasteiger partial charge in [0.05, 0.1) is 0 Å². The van der Waals surface area contributed by atoms with Gasteiger partial charge < -0.3 is 10.2 Å². The summed E-state index contributed by atoms with van der Waals surface area (Å²) in [4.78, 5) is 26.3. The van der Waals surface area contributed by atoms with Crippen molar-refractivity contribution in [3.05, 3.63) is 0 Å². The summed E-state index contributed by atoms with van der Waals surface area (Å²) < 4.78 is 0. The summed E-state index contributed by atoms with van der Waals surface area (Å²) in [5.41, 5.74) is -0.0386. The zero-order valence-electron chi connectivity index (χ0n) is 12.6. The van der Waals surface area contributed by atoms with Crippen LogP contribution in [0.1, 0.15) is 48.5 Å². The minimum Gasteiger partial charge on any atom is -0.342 e. The first kappa shape index (κ1) is 15.0. The lowest BCUT2D eigenvalue weighted by Crippen LogP contribution is -2.67. The maximum atomic E-state index is 12.5. The van der Waals surface area contributed by atoms with Crippen LogP contribution in [0.3, 0.4) is 0 Å². The van der Waals surface area contributed by atoms with Crippen molar-refractivity contribution in [2.24, 2.45) is 11.3 Å². The number of nitrogens with zero attached hydrogens (tertiary/aromatic N) is 1. The normalized spacial score (nSPS) is 27.4. The SMILES string of the molecule is CC(C)C1NC(=O)C(C)N(C(C)C(C)(C)C)C1=O. The average molecular weight is 254 g/mol. The first-order valence-corrected chi connectivity index (χ1v) is 6.70. The highest BCUT2D eigenvalue weighted by Gasteiger charge is 2.43. The van der Waals surface area contributed by atoms with E-state index in [9.17, 15) is 9.59 Å². The molecule has 4 heteroatoms. The summed E-state index contributed by atoms with van der Waals surface area (Å²) in [6.07, 6.45) is 0. The lowest BCUT2D eigenvalue weighted by atomic mass is 9.84. The molecule has 104 valence electrons. The predicted octanol–water partition coefficient (Wildman–Crippen LogP) is 1.79. The molecule has 0 aromatic carbocycles. The van der Waals surface area contributed by atoms with Gasteiger partial charge in [0.2, 0.25) is 11.8 Å². The first-order valence-electron chi connectivity index (χ1n) is 6.70. The topological polar surface area (TPSA) is 49.4 Å². The predicted molar refractivity (Wildman–Crippen MR) is 72.0 cm³/mol. The smallest absolute Gasteiger partial charge is 0.246 e. The van der Waals surface area contributed by atoms with E-state index in [1.165, 1.54) is 0 Å². The molecule has 0 bridgehead atoms. The molecule has 1 rings (SSSR count). The van der Waals surface area contributed by atoms with Gasteiger partial charge in [-0.1, -0.05) is 34.6 Å². The number of rotatable bonds is 2. The number of carbonyl (C=O) groups is 2. The highest BCUT2D eigenvalue weighted by molar-refractivity contribution is 5.97. The zero-order valence-corrected chi connectivity index (χ0v) is 12.6. The van der Waals surface area contributed by atoms with E-state index in [4.69, 9.17) is 0 Å². The summed E-state index contributed by atoms with van der Waals surface area (Å²) in [6, 6.07) is -0.743. The molecule has 1 saturated heterocycles. The van der Waals surface area contributed by atoms with Gasteiger partial charge >= 0.3 is 0 Å². The molecule has 4 nitrogen and oxygen atoms in total. The molecule has 1 fully saturated rings. The van der Waals surface area contributed by atoms with Crippen LogP contribution >= 0.6 is 0 Å². The fourth-order valence-electron chi connectivity index (χ4n) is 2.21. The van der Waals surface area contributed by atoms with Crippen molar-refractivity contribution in [3.8, 4) is 0 Å². The number of hydrogen-bond donors (Lipinski definition) is 1. The summed E-state index contributed by atoms with van der Waals surface area (Å²) >= 11 is 0. The van der Waals surface area contributed by atoms with Gasteiger partial charge in [-0.3, -0.25) is 9.59 Å². The van der Waals surface area contributed by atoms with E-state index in [1.54, 1.807) is 11.8 Å². The monoisotopic (exact) mass is 254 g/mol. The van der Waals surface area contributed by atoms with Crippen molar-refractivity contribution in [1.29, 1.82) is 0 Å². The molecule has 1 aliphatic rings.